The summed E-state index contributed by atoms with van der Waals surface area (Å²) in [5, 5.41) is -0.102. The molecule has 0 fully saturated rings. The fraction of sp³-hybridized carbons (Fsp3) is 0.556. The van der Waals surface area contributed by atoms with Gasteiger partial charge in [-0.1, -0.05) is 17.8 Å². The van der Waals surface area contributed by atoms with Crippen LogP contribution in [0, 0.1) is 0 Å². The van der Waals surface area contributed by atoms with Crippen molar-refractivity contribution < 1.29 is 14.3 Å². The Bertz CT molecular complexity index is 225. The van der Waals surface area contributed by atoms with Crippen molar-refractivity contribution in [2.24, 2.45) is 0 Å². The fourth-order valence-corrected chi connectivity index (χ4v) is 1.98. The van der Waals surface area contributed by atoms with Crippen molar-refractivity contribution in [2.75, 3.05) is 7.11 Å². The van der Waals surface area contributed by atoms with E-state index in [1.165, 1.54) is 14.0 Å². The number of carbonyl (C=O) groups excluding carboxylic acids is 2. The molecule has 0 aliphatic carbocycles. The third-order valence-electron chi connectivity index (χ3n) is 1.52. The number of ether oxygens (including phenoxy) is 1. The molecule has 0 saturated carbocycles. The van der Waals surface area contributed by atoms with Crippen LogP contribution in [-0.2, 0) is 14.3 Å². The highest BCUT2D eigenvalue weighted by atomic mass is 32.2. The summed E-state index contributed by atoms with van der Waals surface area (Å²) in [6, 6.07) is 0. The second kappa shape index (κ2) is 5.07. The van der Waals surface area contributed by atoms with E-state index in [9.17, 15) is 9.59 Å². The third-order valence-corrected chi connectivity index (χ3v) is 2.59. The van der Waals surface area contributed by atoms with Gasteiger partial charge in [-0.05, 0) is 13.3 Å². The van der Waals surface area contributed by atoms with Crippen LogP contribution in [0.5, 0.6) is 0 Å². The maximum atomic E-state index is 11.3. The van der Waals surface area contributed by atoms with Gasteiger partial charge >= 0.3 is 5.97 Å². The zero-order valence-electron chi connectivity index (χ0n) is 8.12. The number of rotatable bonds is 4. The van der Waals surface area contributed by atoms with Crippen LogP contribution >= 0.6 is 11.8 Å². The zero-order chi connectivity index (χ0) is 10.5. The average molecular weight is 202 g/mol. The van der Waals surface area contributed by atoms with Crippen molar-refractivity contribution in [3.05, 3.63) is 12.7 Å². The molecule has 1 atom stereocenters. The first-order valence-electron chi connectivity index (χ1n) is 3.85. The van der Waals surface area contributed by atoms with E-state index in [0.29, 0.717) is 6.42 Å². The monoisotopic (exact) mass is 202 g/mol. The topological polar surface area (TPSA) is 43.4 Å². The molecule has 74 valence electrons. The molecule has 0 bridgehead atoms. The van der Waals surface area contributed by atoms with E-state index < -0.39 is 10.7 Å². The van der Waals surface area contributed by atoms with E-state index in [2.05, 4.69) is 11.3 Å². The smallest absolute Gasteiger partial charge is 0.322 e. The predicted octanol–water partition coefficient (Wildman–Crippen LogP) is 1.77. The number of hydrogen-bond donors (Lipinski definition) is 0. The molecule has 0 spiro atoms. The predicted molar refractivity (Wildman–Crippen MR) is 53.5 cm³/mol. The van der Waals surface area contributed by atoms with E-state index in [1.54, 1.807) is 13.0 Å². The molecule has 0 aliphatic rings. The Labute approximate surface area is 82.5 Å². The van der Waals surface area contributed by atoms with Crippen molar-refractivity contribution in [1.29, 1.82) is 0 Å². The van der Waals surface area contributed by atoms with E-state index in [0.717, 1.165) is 11.8 Å². The van der Waals surface area contributed by atoms with Gasteiger partial charge in [0, 0.05) is 6.92 Å². The SMILES string of the molecule is C=CCC(C)(SC(C)=O)C(=O)OC. The molecule has 13 heavy (non-hydrogen) atoms. The van der Waals surface area contributed by atoms with Gasteiger partial charge in [-0.3, -0.25) is 9.59 Å². The summed E-state index contributed by atoms with van der Waals surface area (Å²) < 4.78 is 3.78. The highest BCUT2D eigenvalue weighted by Gasteiger charge is 2.35. The van der Waals surface area contributed by atoms with Crippen molar-refractivity contribution in [3.8, 4) is 0 Å². The molecule has 0 aromatic rings. The van der Waals surface area contributed by atoms with Crippen molar-refractivity contribution >= 4 is 22.8 Å². The van der Waals surface area contributed by atoms with Gasteiger partial charge in [-0.25, -0.2) is 0 Å². The van der Waals surface area contributed by atoms with E-state index >= 15 is 0 Å². The molecule has 3 nitrogen and oxygen atoms in total. The molecule has 0 radical (unpaired) electrons. The number of methoxy groups -OCH3 is 1. The molecule has 0 aliphatic heterocycles. The molecule has 0 aromatic heterocycles. The van der Waals surface area contributed by atoms with Gasteiger partial charge in [0.1, 0.15) is 4.75 Å². The van der Waals surface area contributed by atoms with Crippen molar-refractivity contribution in [1.82, 2.24) is 0 Å². The van der Waals surface area contributed by atoms with Crippen molar-refractivity contribution in [2.45, 2.75) is 25.0 Å². The van der Waals surface area contributed by atoms with Gasteiger partial charge in [0.2, 0.25) is 0 Å². The van der Waals surface area contributed by atoms with Crippen LogP contribution in [0.1, 0.15) is 20.3 Å². The summed E-state index contributed by atoms with van der Waals surface area (Å²) >= 11 is 0.974. The van der Waals surface area contributed by atoms with Crippen LogP contribution < -0.4 is 0 Å². The van der Waals surface area contributed by atoms with Gasteiger partial charge in [0.25, 0.3) is 0 Å². The molecule has 0 saturated heterocycles. The van der Waals surface area contributed by atoms with Crippen LogP contribution in [0.15, 0.2) is 12.7 Å². The molecule has 1 unspecified atom stereocenters. The minimum atomic E-state index is -0.831. The van der Waals surface area contributed by atoms with E-state index in [-0.39, 0.29) is 5.12 Å². The number of thioether (sulfide) groups is 1. The lowest BCUT2D eigenvalue weighted by Gasteiger charge is -2.22. The molecule has 0 aromatic carbocycles. The van der Waals surface area contributed by atoms with Gasteiger partial charge in [-0.15, -0.1) is 6.58 Å². The average Bonchev–Trinajstić information content (AvgIpc) is 2.02. The number of allylic oxidation sites excluding steroid dienone is 1. The highest BCUT2D eigenvalue weighted by Crippen LogP contribution is 2.30. The Balaban J connectivity index is 4.60. The summed E-state index contributed by atoms with van der Waals surface area (Å²) in [5.41, 5.74) is 0. The molecule has 0 N–H and O–H groups in total. The van der Waals surface area contributed by atoms with Crippen LogP contribution in [0.3, 0.4) is 0 Å². The summed E-state index contributed by atoms with van der Waals surface area (Å²) in [6.45, 7) is 6.64. The highest BCUT2D eigenvalue weighted by molar-refractivity contribution is 8.15. The number of esters is 1. The minimum absolute atomic E-state index is 0.102. The van der Waals surface area contributed by atoms with Gasteiger partial charge in [-0.2, -0.15) is 0 Å². The first-order chi connectivity index (χ1) is 5.96. The van der Waals surface area contributed by atoms with Gasteiger partial charge in [0.15, 0.2) is 5.12 Å². The Morgan fingerprint density at radius 3 is 2.46 bits per heavy atom. The number of hydrogen-bond acceptors (Lipinski definition) is 4. The van der Waals surface area contributed by atoms with Crippen molar-refractivity contribution in [3.63, 3.8) is 0 Å². The zero-order valence-corrected chi connectivity index (χ0v) is 8.94. The second-order valence-electron chi connectivity index (χ2n) is 2.81. The van der Waals surface area contributed by atoms with Crippen LogP contribution in [0.2, 0.25) is 0 Å². The summed E-state index contributed by atoms with van der Waals surface area (Å²) in [5.74, 6) is -0.396. The lowest BCUT2D eigenvalue weighted by Crippen LogP contribution is -2.33. The standard InChI is InChI=1S/C9H14O3S/c1-5-6-9(3,8(11)12-4)13-7(2)10/h5H,1,6H2,2-4H3. The Hall–Kier alpha value is -0.770. The number of carbonyl (C=O) groups is 2. The fourth-order valence-electron chi connectivity index (χ4n) is 0.975. The molecule has 4 heteroatoms. The van der Waals surface area contributed by atoms with Gasteiger partial charge < -0.3 is 4.74 Å². The first-order valence-corrected chi connectivity index (χ1v) is 4.67. The Morgan fingerprint density at radius 1 is 1.62 bits per heavy atom. The van der Waals surface area contributed by atoms with Gasteiger partial charge in [0.05, 0.1) is 7.11 Å². The normalized spacial score (nSPS) is 14.4. The Morgan fingerprint density at radius 2 is 2.15 bits per heavy atom. The lowest BCUT2D eigenvalue weighted by atomic mass is 10.1. The maximum Gasteiger partial charge on any atom is 0.322 e. The molecular weight excluding hydrogens is 188 g/mol. The Kier molecular flexibility index (Phi) is 4.77. The molecular formula is C9H14O3S. The largest absolute Gasteiger partial charge is 0.468 e. The first kappa shape index (κ1) is 12.2. The van der Waals surface area contributed by atoms with Crippen LogP contribution in [-0.4, -0.2) is 22.9 Å². The van der Waals surface area contributed by atoms with E-state index in [1.807, 2.05) is 0 Å². The van der Waals surface area contributed by atoms with Crippen LogP contribution in [0.4, 0.5) is 0 Å². The lowest BCUT2D eigenvalue weighted by molar-refractivity contribution is -0.143. The summed E-state index contributed by atoms with van der Waals surface area (Å²) in [4.78, 5) is 22.2. The van der Waals surface area contributed by atoms with E-state index in [4.69, 9.17) is 0 Å². The second-order valence-corrected chi connectivity index (χ2v) is 4.49. The quantitative estimate of drug-likeness (QED) is 0.515. The third kappa shape index (κ3) is 3.63. The minimum Gasteiger partial charge on any atom is -0.468 e. The van der Waals surface area contributed by atoms with Crippen LogP contribution in [0.25, 0.3) is 0 Å². The summed E-state index contributed by atoms with van der Waals surface area (Å²) in [6.07, 6.45) is 2.02. The molecule has 0 amide bonds. The molecule has 0 rings (SSSR count). The maximum absolute atomic E-state index is 11.3. The molecule has 0 heterocycles. The summed E-state index contributed by atoms with van der Waals surface area (Å²) in [7, 11) is 1.31.